The summed E-state index contributed by atoms with van der Waals surface area (Å²) < 4.78 is 0. The molecule has 1 heterocycles. The fourth-order valence-corrected chi connectivity index (χ4v) is 1.80. The highest BCUT2D eigenvalue weighted by Crippen LogP contribution is 2.17. The van der Waals surface area contributed by atoms with E-state index in [9.17, 15) is 4.79 Å². The maximum Gasteiger partial charge on any atom is 0.253 e. The van der Waals surface area contributed by atoms with Gasteiger partial charge in [0.25, 0.3) is 5.91 Å². The van der Waals surface area contributed by atoms with E-state index in [4.69, 9.17) is 0 Å². The number of nitrogens with zero attached hydrogens (tertiary/aromatic N) is 1. The number of H-pyrrole nitrogens is 1. The number of amides is 1. The van der Waals surface area contributed by atoms with E-state index in [1.165, 1.54) is 0 Å². The van der Waals surface area contributed by atoms with E-state index in [0.29, 0.717) is 12.1 Å². The fourth-order valence-electron chi connectivity index (χ4n) is 1.80. The molecule has 0 atom stereocenters. The zero-order valence-corrected chi connectivity index (χ0v) is 10.6. The molecule has 0 aliphatic carbocycles. The number of anilines is 1. The van der Waals surface area contributed by atoms with E-state index in [-0.39, 0.29) is 5.91 Å². The van der Waals surface area contributed by atoms with Gasteiger partial charge in [0.05, 0.1) is 12.1 Å². The van der Waals surface area contributed by atoms with Gasteiger partial charge in [-0.3, -0.25) is 4.79 Å². The number of aromatic nitrogens is 1. The van der Waals surface area contributed by atoms with Gasteiger partial charge < -0.3 is 15.2 Å². The molecule has 2 N–H and O–H groups in total. The van der Waals surface area contributed by atoms with Crippen LogP contribution in [0.4, 0.5) is 5.69 Å². The summed E-state index contributed by atoms with van der Waals surface area (Å²) in [5, 5.41) is 2.90. The molecule has 18 heavy (non-hydrogen) atoms. The lowest BCUT2D eigenvalue weighted by Crippen LogP contribution is -2.25. The van der Waals surface area contributed by atoms with Crippen LogP contribution in [0.3, 0.4) is 0 Å². The smallest absolute Gasteiger partial charge is 0.253 e. The minimum absolute atomic E-state index is 0.0612. The van der Waals surface area contributed by atoms with Gasteiger partial charge in [0.1, 0.15) is 0 Å². The number of benzene rings is 1. The highest BCUT2D eigenvalue weighted by Gasteiger charge is 2.11. The Labute approximate surface area is 107 Å². The predicted molar refractivity (Wildman–Crippen MR) is 72.7 cm³/mol. The van der Waals surface area contributed by atoms with Gasteiger partial charge in [0.15, 0.2) is 0 Å². The molecule has 0 saturated carbocycles. The van der Waals surface area contributed by atoms with Crippen LogP contribution >= 0.6 is 0 Å². The average Bonchev–Trinajstić information content (AvgIpc) is 2.89. The highest BCUT2D eigenvalue weighted by atomic mass is 16.1. The second kappa shape index (κ2) is 5.40. The van der Waals surface area contributed by atoms with Crippen molar-refractivity contribution in [3.8, 4) is 0 Å². The molecule has 1 aromatic heterocycles. The van der Waals surface area contributed by atoms with E-state index in [0.717, 1.165) is 11.4 Å². The van der Waals surface area contributed by atoms with Gasteiger partial charge in [-0.25, -0.2) is 0 Å². The second-order valence-electron chi connectivity index (χ2n) is 4.29. The largest absolute Gasteiger partial charge is 0.377 e. The second-order valence-corrected chi connectivity index (χ2v) is 4.29. The van der Waals surface area contributed by atoms with Gasteiger partial charge in [-0.1, -0.05) is 12.1 Å². The topological polar surface area (TPSA) is 48.1 Å². The number of nitrogens with one attached hydrogen (secondary N) is 2. The molecule has 2 rings (SSSR count). The third-order valence-corrected chi connectivity index (χ3v) is 2.73. The van der Waals surface area contributed by atoms with Crippen LogP contribution in [0.1, 0.15) is 16.1 Å². The number of aromatic amines is 1. The Bertz CT molecular complexity index is 518. The number of para-hydroxylation sites is 1. The molecular formula is C14H17N3O. The molecule has 94 valence electrons. The molecule has 0 bridgehead atoms. The first-order chi connectivity index (χ1) is 8.68. The summed E-state index contributed by atoms with van der Waals surface area (Å²) in [7, 11) is 3.86. The van der Waals surface area contributed by atoms with Gasteiger partial charge >= 0.3 is 0 Å². The quantitative estimate of drug-likeness (QED) is 0.863. The van der Waals surface area contributed by atoms with E-state index in [1.54, 1.807) is 0 Å². The van der Waals surface area contributed by atoms with Crippen LogP contribution in [0.2, 0.25) is 0 Å². The number of carbonyl (C=O) groups excluding carboxylic acids is 1. The summed E-state index contributed by atoms with van der Waals surface area (Å²) in [5.74, 6) is -0.0612. The first-order valence-corrected chi connectivity index (χ1v) is 5.85. The normalized spacial score (nSPS) is 10.1. The lowest BCUT2D eigenvalue weighted by molar-refractivity contribution is 0.0951. The minimum Gasteiger partial charge on any atom is -0.377 e. The molecule has 2 aromatic rings. The van der Waals surface area contributed by atoms with Crippen molar-refractivity contribution in [3.05, 3.63) is 53.9 Å². The van der Waals surface area contributed by atoms with E-state index >= 15 is 0 Å². The first-order valence-electron chi connectivity index (χ1n) is 5.85. The van der Waals surface area contributed by atoms with Crippen molar-refractivity contribution in [3.63, 3.8) is 0 Å². The van der Waals surface area contributed by atoms with Crippen molar-refractivity contribution in [2.75, 3.05) is 19.0 Å². The van der Waals surface area contributed by atoms with E-state index < -0.39 is 0 Å². The van der Waals surface area contributed by atoms with Gasteiger partial charge in [0.2, 0.25) is 0 Å². The van der Waals surface area contributed by atoms with Crippen molar-refractivity contribution in [2.24, 2.45) is 0 Å². The first kappa shape index (κ1) is 12.2. The Balaban J connectivity index is 2.09. The van der Waals surface area contributed by atoms with Crippen molar-refractivity contribution in [2.45, 2.75) is 6.54 Å². The number of hydrogen-bond acceptors (Lipinski definition) is 2. The van der Waals surface area contributed by atoms with Crippen molar-refractivity contribution in [1.29, 1.82) is 0 Å². The third-order valence-electron chi connectivity index (χ3n) is 2.73. The Kier molecular flexibility index (Phi) is 3.67. The Morgan fingerprint density at radius 2 is 2.00 bits per heavy atom. The summed E-state index contributed by atoms with van der Waals surface area (Å²) in [5.41, 5.74) is 2.60. The van der Waals surface area contributed by atoms with Crippen LogP contribution in [0.5, 0.6) is 0 Å². The fraction of sp³-hybridized carbons (Fsp3) is 0.214. The van der Waals surface area contributed by atoms with Crippen LogP contribution in [0.15, 0.2) is 42.6 Å². The summed E-state index contributed by atoms with van der Waals surface area (Å²) in [4.78, 5) is 17.1. The van der Waals surface area contributed by atoms with Crippen LogP contribution in [0, 0.1) is 0 Å². The predicted octanol–water partition coefficient (Wildman–Crippen LogP) is 2.01. The summed E-state index contributed by atoms with van der Waals surface area (Å²) in [6.07, 6.45) is 1.84. The Hall–Kier alpha value is -2.23. The number of rotatable bonds is 4. The number of carbonyl (C=O) groups is 1. The molecule has 0 unspecified atom stereocenters. The van der Waals surface area contributed by atoms with Crippen molar-refractivity contribution < 1.29 is 4.79 Å². The van der Waals surface area contributed by atoms with Crippen LogP contribution in [0.25, 0.3) is 0 Å². The number of hydrogen-bond donors (Lipinski definition) is 2. The summed E-state index contributed by atoms with van der Waals surface area (Å²) in [6, 6.07) is 11.4. The minimum atomic E-state index is -0.0612. The maximum atomic E-state index is 12.1. The van der Waals surface area contributed by atoms with Crippen LogP contribution in [-0.2, 0) is 6.54 Å². The standard InChI is InChI=1S/C14H17N3O/c1-17(2)13-8-4-3-7-12(13)14(18)16-10-11-6-5-9-15-11/h3-9,15H,10H2,1-2H3,(H,16,18). The molecule has 0 fully saturated rings. The molecule has 4 heteroatoms. The zero-order valence-electron chi connectivity index (χ0n) is 10.6. The van der Waals surface area contributed by atoms with Gasteiger partial charge in [-0.15, -0.1) is 0 Å². The van der Waals surface area contributed by atoms with Gasteiger partial charge in [-0.05, 0) is 24.3 Å². The molecule has 0 aliphatic heterocycles. The molecule has 0 saturated heterocycles. The highest BCUT2D eigenvalue weighted by molar-refractivity contribution is 5.99. The lowest BCUT2D eigenvalue weighted by atomic mass is 10.1. The molecular weight excluding hydrogens is 226 g/mol. The summed E-state index contributed by atoms with van der Waals surface area (Å²) in [6.45, 7) is 0.508. The van der Waals surface area contributed by atoms with Gasteiger partial charge in [0, 0.05) is 31.7 Å². The Morgan fingerprint density at radius 1 is 1.22 bits per heavy atom. The molecule has 1 amide bonds. The molecule has 0 radical (unpaired) electrons. The SMILES string of the molecule is CN(C)c1ccccc1C(=O)NCc1ccc[nH]1. The van der Waals surface area contributed by atoms with Crippen LogP contribution in [-0.4, -0.2) is 25.0 Å². The van der Waals surface area contributed by atoms with E-state index in [1.807, 2.05) is 61.6 Å². The maximum absolute atomic E-state index is 12.1. The van der Waals surface area contributed by atoms with Crippen molar-refractivity contribution in [1.82, 2.24) is 10.3 Å². The zero-order chi connectivity index (χ0) is 13.0. The van der Waals surface area contributed by atoms with Crippen LogP contribution < -0.4 is 10.2 Å². The monoisotopic (exact) mass is 243 g/mol. The lowest BCUT2D eigenvalue weighted by Gasteiger charge is -2.16. The molecule has 4 nitrogen and oxygen atoms in total. The van der Waals surface area contributed by atoms with Crippen molar-refractivity contribution >= 4 is 11.6 Å². The molecule has 0 aliphatic rings. The summed E-state index contributed by atoms with van der Waals surface area (Å²) >= 11 is 0. The molecule has 0 spiro atoms. The average molecular weight is 243 g/mol. The molecule has 1 aromatic carbocycles. The van der Waals surface area contributed by atoms with E-state index in [2.05, 4.69) is 10.3 Å². The third kappa shape index (κ3) is 2.71. The van der Waals surface area contributed by atoms with Gasteiger partial charge in [-0.2, -0.15) is 0 Å². The Morgan fingerprint density at radius 3 is 2.67 bits per heavy atom.